The van der Waals surface area contributed by atoms with Crippen LogP contribution >= 0.6 is 0 Å². The van der Waals surface area contributed by atoms with Crippen molar-refractivity contribution in [1.82, 2.24) is 5.32 Å². The molecule has 0 aromatic heterocycles. The van der Waals surface area contributed by atoms with Crippen molar-refractivity contribution in [3.63, 3.8) is 0 Å². The van der Waals surface area contributed by atoms with Crippen LogP contribution in [0.3, 0.4) is 0 Å². The summed E-state index contributed by atoms with van der Waals surface area (Å²) >= 11 is 0. The van der Waals surface area contributed by atoms with Gasteiger partial charge in [-0.15, -0.1) is 0 Å². The van der Waals surface area contributed by atoms with Crippen LogP contribution in [0, 0.1) is 0 Å². The Balaban J connectivity index is 1.86. The van der Waals surface area contributed by atoms with Crippen molar-refractivity contribution in [1.29, 1.82) is 0 Å². The molecule has 23 heavy (non-hydrogen) atoms. The fourth-order valence-corrected chi connectivity index (χ4v) is 3.69. The lowest BCUT2D eigenvalue weighted by molar-refractivity contribution is 0.0319. The molecule has 0 saturated carbocycles. The molecule has 0 radical (unpaired) electrons. The van der Waals surface area contributed by atoms with Gasteiger partial charge in [0.05, 0.1) is 12.7 Å². The van der Waals surface area contributed by atoms with Gasteiger partial charge in [-0.3, -0.25) is 0 Å². The highest BCUT2D eigenvalue weighted by Gasteiger charge is 2.23. The van der Waals surface area contributed by atoms with Crippen molar-refractivity contribution >= 4 is 5.57 Å². The molecule has 118 valence electrons. The van der Waals surface area contributed by atoms with Crippen molar-refractivity contribution in [2.45, 2.75) is 31.9 Å². The van der Waals surface area contributed by atoms with Crippen molar-refractivity contribution in [2.24, 2.45) is 0 Å². The molecular formula is C21H23NO. The van der Waals surface area contributed by atoms with Gasteiger partial charge in [0.25, 0.3) is 0 Å². The summed E-state index contributed by atoms with van der Waals surface area (Å²) in [7, 11) is 0. The second-order valence-corrected chi connectivity index (χ2v) is 6.47. The zero-order valence-corrected chi connectivity index (χ0v) is 13.6. The minimum atomic E-state index is 0.123. The molecule has 1 aliphatic heterocycles. The Morgan fingerprint density at radius 1 is 0.957 bits per heavy atom. The summed E-state index contributed by atoms with van der Waals surface area (Å²) in [5.74, 6) is 0. The van der Waals surface area contributed by atoms with E-state index in [1.165, 1.54) is 27.8 Å². The quantitative estimate of drug-likeness (QED) is 0.869. The van der Waals surface area contributed by atoms with Gasteiger partial charge in [0.2, 0.25) is 0 Å². The smallest absolute Gasteiger partial charge is 0.0915 e. The summed E-state index contributed by atoms with van der Waals surface area (Å²) in [6, 6.07) is 18.0. The van der Waals surface area contributed by atoms with Crippen LogP contribution in [0.15, 0.2) is 54.6 Å². The zero-order valence-electron chi connectivity index (χ0n) is 13.6. The van der Waals surface area contributed by atoms with Crippen molar-refractivity contribution in [3.8, 4) is 0 Å². The predicted octanol–water partition coefficient (Wildman–Crippen LogP) is 3.59. The predicted molar refractivity (Wildman–Crippen MR) is 94.6 cm³/mol. The van der Waals surface area contributed by atoms with Crippen LogP contribution in [0.25, 0.3) is 5.57 Å². The van der Waals surface area contributed by atoms with E-state index in [2.05, 4.69) is 66.8 Å². The average Bonchev–Trinajstić information content (AvgIpc) is 2.75. The van der Waals surface area contributed by atoms with Crippen molar-refractivity contribution in [3.05, 3.63) is 76.9 Å². The third-order valence-electron chi connectivity index (χ3n) is 4.98. The fourth-order valence-electron chi connectivity index (χ4n) is 3.69. The maximum Gasteiger partial charge on any atom is 0.0915 e. The highest BCUT2D eigenvalue weighted by atomic mass is 16.5. The van der Waals surface area contributed by atoms with Crippen LogP contribution < -0.4 is 5.32 Å². The molecular weight excluding hydrogens is 282 g/mol. The first-order chi connectivity index (χ1) is 11.3. The monoisotopic (exact) mass is 305 g/mol. The van der Waals surface area contributed by atoms with Crippen LogP contribution in [0.1, 0.15) is 29.2 Å². The van der Waals surface area contributed by atoms with Crippen LogP contribution in [-0.4, -0.2) is 25.3 Å². The lowest BCUT2D eigenvalue weighted by Gasteiger charge is -2.29. The Morgan fingerprint density at radius 3 is 2.17 bits per heavy atom. The largest absolute Gasteiger partial charge is 0.371 e. The Kier molecular flexibility index (Phi) is 4.02. The minimum absolute atomic E-state index is 0.123. The summed E-state index contributed by atoms with van der Waals surface area (Å²) in [6.07, 6.45) is 4.66. The summed E-state index contributed by atoms with van der Waals surface area (Å²) in [4.78, 5) is 0. The number of hydrogen-bond acceptors (Lipinski definition) is 2. The maximum absolute atomic E-state index is 6.02. The van der Waals surface area contributed by atoms with Gasteiger partial charge in [0, 0.05) is 12.6 Å². The third kappa shape index (κ3) is 2.85. The van der Waals surface area contributed by atoms with Gasteiger partial charge < -0.3 is 10.1 Å². The molecule has 2 atom stereocenters. The molecule has 4 rings (SSSR count). The van der Waals surface area contributed by atoms with E-state index in [9.17, 15) is 0 Å². The van der Waals surface area contributed by atoms with E-state index in [0.29, 0.717) is 6.04 Å². The Morgan fingerprint density at radius 2 is 1.57 bits per heavy atom. The first-order valence-corrected chi connectivity index (χ1v) is 8.56. The van der Waals surface area contributed by atoms with Gasteiger partial charge in [-0.05, 0) is 53.7 Å². The first kappa shape index (κ1) is 14.7. The molecule has 1 saturated heterocycles. The topological polar surface area (TPSA) is 21.3 Å². The molecule has 2 aromatic rings. The molecule has 1 N–H and O–H groups in total. The number of morpholine rings is 1. The standard InChI is InChI=1S/C21H23NO/c1-15-21(23-13-12-22-15)14-20-18-8-4-2-6-16(18)10-11-17-7-3-5-9-19(17)20/h2-9,14-15,21-22H,10-13H2,1H3. The van der Waals surface area contributed by atoms with Crippen molar-refractivity contribution in [2.75, 3.05) is 13.2 Å². The average molecular weight is 305 g/mol. The van der Waals surface area contributed by atoms with E-state index in [4.69, 9.17) is 4.74 Å². The zero-order chi connectivity index (χ0) is 15.6. The highest BCUT2D eigenvalue weighted by molar-refractivity contribution is 5.84. The number of fused-ring (bicyclic) bond motifs is 2. The van der Waals surface area contributed by atoms with E-state index in [1.54, 1.807) is 0 Å². The third-order valence-corrected chi connectivity index (χ3v) is 4.98. The van der Waals surface area contributed by atoms with Crippen LogP contribution in [-0.2, 0) is 17.6 Å². The van der Waals surface area contributed by atoms with Gasteiger partial charge in [0.15, 0.2) is 0 Å². The molecule has 0 bridgehead atoms. The highest BCUT2D eigenvalue weighted by Crippen LogP contribution is 2.34. The van der Waals surface area contributed by atoms with E-state index >= 15 is 0 Å². The van der Waals surface area contributed by atoms with Crippen molar-refractivity contribution < 1.29 is 4.74 Å². The SMILES string of the molecule is CC1NCCOC1C=C1c2ccccc2CCc2ccccc21. The molecule has 2 aliphatic rings. The summed E-state index contributed by atoms with van der Waals surface area (Å²) in [6.45, 7) is 3.92. The van der Waals surface area contributed by atoms with E-state index in [0.717, 1.165) is 26.0 Å². The number of ether oxygens (including phenoxy) is 1. The van der Waals surface area contributed by atoms with Gasteiger partial charge >= 0.3 is 0 Å². The molecule has 2 nitrogen and oxygen atoms in total. The molecule has 2 unspecified atom stereocenters. The van der Waals surface area contributed by atoms with Gasteiger partial charge in [-0.1, -0.05) is 48.5 Å². The summed E-state index contributed by atoms with van der Waals surface area (Å²) in [5.41, 5.74) is 6.92. The van der Waals surface area contributed by atoms with E-state index in [-0.39, 0.29) is 6.10 Å². The first-order valence-electron chi connectivity index (χ1n) is 8.56. The Hall–Kier alpha value is -1.90. The second kappa shape index (κ2) is 6.31. The lowest BCUT2D eigenvalue weighted by Crippen LogP contribution is -2.45. The molecule has 2 aromatic carbocycles. The molecule has 1 fully saturated rings. The summed E-state index contributed by atoms with van der Waals surface area (Å²) < 4.78 is 6.02. The molecule has 1 heterocycles. The van der Waals surface area contributed by atoms with Gasteiger partial charge in [0.1, 0.15) is 0 Å². The number of rotatable bonds is 1. The second-order valence-electron chi connectivity index (χ2n) is 6.47. The van der Waals surface area contributed by atoms with Gasteiger partial charge in [-0.25, -0.2) is 0 Å². The normalized spacial score (nSPS) is 23.6. The number of hydrogen-bond donors (Lipinski definition) is 1. The fraction of sp³-hybridized carbons (Fsp3) is 0.333. The minimum Gasteiger partial charge on any atom is -0.371 e. The molecule has 0 amide bonds. The van der Waals surface area contributed by atoms with Crippen LogP contribution in [0.5, 0.6) is 0 Å². The number of nitrogens with one attached hydrogen (secondary N) is 1. The number of benzene rings is 2. The molecule has 0 spiro atoms. The van der Waals surface area contributed by atoms with Gasteiger partial charge in [-0.2, -0.15) is 0 Å². The Labute approximate surface area is 138 Å². The van der Waals surface area contributed by atoms with E-state index in [1.807, 2.05) is 0 Å². The lowest BCUT2D eigenvalue weighted by atomic mass is 9.92. The van der Waals surface area contributed by atoms with Crippen LogP contribution in [0.4, 0.5) is 0 Å². The Bertz CT molecular complexity index is 685. The maximum atomic E-state index is 6.02. The summed E-state index contributed by atoms with van der Waals surface area (Å²) in [5, 5.41) is 3.52. The van der Waals surface area contributed by atoms with E-state index < -0.39 is 0 Å². The molecule has 2 heteroatoms. The number of aryl methyl sites for hydroxylation is 2. The van der Waals surface area contributed by atoms with Crippen LogP contribution in [0.2, 0.25) is 0 Å². The molecule has 1 aliphatic carbocycles.